The van der Waals surface area contributed by atoms with E-state index in [0.29, 0.717) is 19.5 Å². The summed E-state index contributed by atoms with van der Waals surface area (Å²) in [7, 11) is 0. The van der Waals surface area contributed by atoms with Crippen LogP contribution in [0.15, 0.2) is 60.7 Å². The van der Waals surface area contributed by atoms with E-state index in [2.05, 4.69) is 15.5 Å². The first kappa shape index (κ1) is 29.6. The summed E-state index contributed by atoms with van der Waals surface area (Å²) in [5, 5.41) is 14.4. The molecule has 2 rings (SSSR count). The quantitative estimate of drug-likeness (QED) is 0.250. The average Bonchev–Trinajstić information content (AvgIpc) is 2.91. The third kappa shape index (κ3) is 15.2. The minimum atomic E-state index is -0.771. The molecule has 0 aliphatic heterocycles. The molecule has 2 aromatic rings. The number of rotatable bonds is 18. The topological polar surface area (TPSA) is 117 Å². The number of alkyl carbamates (subject to hydrolysis) is 2. The molecule has 0 saturated carbocycles. The molecule has 0 unspecified atom stereocenters. The van der Waals surface area contributed by atoms with Gasteiger partial charge in [-0.15, -0.1) is 0 Å². The smallest absolute Gasteiger partial charge is 0.407 e. The van der Waals surface area contributed by atoms with Gasteiger partial charge in [0.05, 0.1) is 0 Å². The Balaban J connectivity index is 1.62. The zero-order chi connectivity index (χ0) is 26.6. The number of carbonyl (C=O) groups excluding carboxylic acids is 2. The lowest BCUT2D eigenvalue weighted by molar-refractivity contribution is -0.137. The van der Waals surface area contributed by atoms with E-state index in [4.69, 9.17) is 14.6 Å². The SMILES string of the molecule is O=C(O)CCCCCN(CCCNC(=O)OCc1ccccc1)CCCNC(=O)OCc1ccccc1. The molecule has 37 heavy (non-hydrogen) atoms. The van der Waals surface area contributed by atoms with Crippen LogP contribution in [0.1, 0.15) is 49.7 Å². The van der Waals surface area contributed by atoms with Crippen LogP contribution in [0.5, 0.6) is 0 Å². The molecule has 0 bridgehead atoms. The molecule has 3 N–H and O–H groups in total. The highest BCUT2D eigenvalue weighted by molar-refractivity contribution is 5.67. The van der Waals surface area contributed by atoms with Crippen molar-refractivity contribution < 1.29 is 29.0 Å². The first-order valence-corrected chi connectivity index (χ1v) is 12.9. The van der Waals surface area contributed by atoms with Crippen LogP contribution < -0.4 is 10.6 Å². The first-order chi connectivity index (χ1) is 18.0. The molecule has 0 heterocycles. The fourth-order valence-corrected chi connectivity index (χ4v) is 3.66. The van der Waals surface area contributed by atoms with Gasteiger partial charge in [0.25, 0.3) is 0 Å². The number of ether oxygens (including phenoxy) is 2. The van der Waals surface area contributed by atoms with Gasteiger partial charge in [-0.2, -0.15) is 0 Å². The zero-order valence-corrected chi connectivity index (χ0v) is 21.4. The monoisotopic (exact) mass is 513 g/mol. The lowest BCUT2D eigenvalue weighted by Crippen LogP contribution is -2.33. The van der Waals surface area contributed by atoms with Crippen molar-refractivity contribution in [3.05, 3.63) is 71.8 Å². The maximum atomic E-state index is 11.9. The third-order valence-corrected chi connectivity index (χ3v) is 5.63. The Hall–Kier alpha value is -3.59. The van der Waals surface area contributed by atoms with Crippen LogP contribution in [0.2, 0.25) is 0 Å². The number of nitrogens with one attached hydrogen (secondary N) is 2. The zero-order valence-electron chi connectivity index (χ0n) is 21.4. The van der Waals surface area contributed by atoms with Crippen LogP contribution in [0.4, 0.5) is 9.59 Å². The van der Waals surface area contributed by atoms with Crippen LogP contribution >= 0.6 is 0 Å². The van der Waals surface area contributed by atoms with Crippen molar-refractivity contribution in [3.63, 3.8) is 0 Å². The molecule has 0 atom stereocenters. The summed E-state index contributed by atoms with van der Waals surface area (Å²) < 4.78 is 10.5. The summed E-state index contributed by atoms with van der Waals surface area (Å²) in [5.41, 5.74) is 1.87. The number of carboxylic acids is 1. The van der Waals surface area contributed by atoms with E-state index in [-0.39, 0.29) is 19.6 Å². The molecule has 2 amide bonds. The van der Waals surface area contributed by atoms with Gasteiger partial charge in [-0.05, 0) is 56.4 Å². The minimum Gasteiger partial charge on any atom is -0.481 e. The Kier molecular flexibility index (Phi) is 14.9. The van der Waals surface area contributed by atoms with Crippen LogP contribution in [-0.4, -0.2) is 60.9 Å². The third-order valence-electron chi connectivity index (χ3n) is 5.63. The molecular formula is C28H39N3O6. The standard InChI is InChI=1S/C28H39N3O6/c32-26(33)16-8-3-9-19-31(20-10-17-29-27(34)36-22-24-12-4-1-5-13-24)21-11-18-30-28(35)37-23-25-14-6-2-7-15-25/h1-2,4-7,12-15H,3,8-11,16-23H2,(H,29,34)(H,30,35)(H,32,33). The molecular weight excluding hydrogens is 474 g/mol. The Morgan fingerprint density at radius 2 is 1.11 bits per heavy atom. The Morgan fingerprint density at radius 1 is 0.649 bits per heavy atom. The van der Waals surface area contributed by atoms with Crippen molar-refractivity contribution in [1.82, 2.24) is 15.5 Å². The number of benzene rings is 2. The molecule has 0 spiro atoms. The van der Waals surface area contributed by atoms with E-state index >= 15 is 0 Å². The summed E-state index contributed by atoms with van der Waals surface area (Å²) in [6.07, 6.45) is 3.20. The van der Waals surface area contributed by atoms with Crippen LogP contribution in [0.25, 0.3) is 0 Å². The van der Waals surface area contributed by atoms with Gasteiger partial charge in [-0.3, -0.25) is 4.79 Å². The highest BCUT2D eigenvalue weighted by Gasteiger charge is 2.08. The second-order valence-electron chi connectivity index (χ2n) is 8.73. The molecule has 202 valence electrons. The van der Waals surface area contributed by atoms with Gasteiger partial charge in [0.15, 0.2) is 0 Å². The number of carboxylic acid groups (broad SMARTS) is 1. The van der Waals surface area contributed by atoms with E-state index in [1.54, 1.807) is 0 Å². The highest BCUT2D eigenvalue weighted by atomic mass is 16.6. The summed E-state index contributed by atoms with van der Waals surface area (Å²) in [5.74, 6) is -0.771. The fourth-order valence-electron chi connectivity index (χ4n) is 3.66. The first-order valence-electron chi connectivity index (χ1n) is 12.9. The number of hydrogen-bond acceptors (Lipinski definition) is 6. The predicted octanol–water partition coefficient (Wildman–Crippen LogP) is 4.57. The molecule has 0 saturated heterocycles. The molecule has 0 aliphatic rings. The van der Waals surface area contributed by atoms with E-state index in [1.807, 2.05) is 60.7 Å². The maximum absolute atomic E-state index is 11.9. The molecule has 9 nitrogen and oxygen atoms in total. The molecule has 0 aliphatic carbocycles. The maximum Gasteiger partial charge on any atom is 0.407 e. The minimum absolute atomic E-state index is 0.185. The summed E-state index contributed by atoms with van der Waals surface area (Å²) in [6, 6.07) is 19.0. The van der Waals surface area contributed by atoms with Gasteiger partial charge in [0.1, 0.15) is 13.2 Å². The van der Waals surface area contributed by atoms with Crippen molar-refractivity contribution in [3.8, 4) is 0 Å². The second-order valence-corrected chi connectivity index (χ2v) is 8.73. The van der Waals surface area contributed by atoms with Gasteiger partial charge in [-0.25, -0.2) is 9.59 Å². The number of aliphatic carboxylic acids is 1. The second kappa shape index (κ2) is 18.6. The highest BCUT2D eigenvalue weighted by Crippen LogP contribution is 2.05. The largest absolute Gasteiger partial charge is 0.481 e. The average molecular weight is 514 g/mol. The number of unbranched alkanes of at least 4 members (excludes halogenated alkanes) is 2. The van der Waals surface area contributed by atoms with Gasteiger partial charge in [0.2, 0.25) is 0 Å². The lowest BCUT2D eigenvalue weighted by atomic mass is 10.2. The van der Waals surface area contributed by atoms with Crippen LogP contribution in [0, 0.1) is 0 Å². The predicted molar refractivity (Wildman–Crippen MR) is 141 cm³/mol. The molecule has 9 heteroatoms. The summed E-state index contributed by atoms with van der Waals surface area (Å²) in [6.45, 7) is 3.83. The van der Waals surface area contributed by atoms with E-state index in [9.17, 15) is 14.4 Å². The van der Waals surface area contributed by atoms with Crippen molar-refractivity contribution in [2.24, 2.45) is 0 Å². The van der Waals surface area contributed by atoms with E-state index in [1.165, 1.54) is 0 Å². The Morgan fingerprint density at radius 3 is 1.57 bits per heavy atom. The van der Waals surface area contributed by atoms with Crippen molar-refractivity contribution in [2.45, 2.75) is 51.7 Å². The van der Waals surface area contributed by atoms with Crippen LogP contribution in [-0.2, 0) is 27.5 Å². The molecule has 0 aromatic heterocycles. The normalized spacial score (nSPS) is 10.6. The molecule has 0 fully saturated rings. The van der Waals surface area contributed by atoms with Gasteiger partial charge in [0, 0.05) is 19.5 Å². The number of amides is 2. The van der Waals surface area contributed by atoms with E-state index in [0.717, 1.165) is 56.4 Å². The van der Waals surface area contributed by atoms with Crippen molar-refractivity contribution >= 4 is 18.2 Å². The molecule has 2 aromatic carbocycles. The van der Waals surface area contributed by atoms with Gasteiger partial charge < -0.3 is 30.1 Å². The van der Waals surface area contributed by atoms with Crippen molar-refractivity contribution in [1.29, 1.82) is 0 Å². The number of carbonyl (C=O) groups is 3. The van der Waals surface area contributed by atoms with Crippen molar-refractivity contribution in [2.75, 3.05) is 32.7 Å². The van der Waals surface area contributed by atoms with E-state index < -0.39 is 18.2 Å². The Bertz CT molecular complexity index is 847. The fraction of sp³-hybridized carbons (Fsp3) is 0.464. The van der Waals surface area contributed by atoms with Gasteiger partial charge >= 0.3 is 18.2 Å². The molecule has 0 radical (unpaired) electrons. The number of hydrogen-bond donors (Lipinski definition) is 3. The van der Waals surface area contributed by atoms with Crippen LogP contribution in [0.3, 0.4) is 0 Å². The van der Waals surface area contributed by atoms with Gasteiger partial charge in [-0.1, -0.05) is 67.1 Å². The lowest BCUT2D eigenvalue weighted by Gasteiger charge is -2.22. The Labute approximate surface area is 219 Å². The summed E-state index contributed by atoms with van der Waals surface area (Å²) >= 11 is 0. The summed E-state index contributed by atoms with van der Waals surface area (Å²) in [4.78, 5) is 36.8. The number of nitrogens with zero attached hydrogens (tertiary/aromatic N) is 1.